The molecular weight excluding hydrogens is 448 g/mol. The Balaban J connectivity index is 1.53. The normalized spacial score (nSPS) is 11.3. The first-order chi connectivity index (χ1) is 15.8. The van der Waals surface area contributed by atoms with Gasteiger partial charge in [0.25, 0.3) is 0 Å². The number of nitrogens with zero attached hydrogens (tertiary/aromatic N) is 2. The second kappa shape index (κ2) is 11.6. The van der Waals surface area contributed by atoms with E-state index in [1.165, 1.54) is 7.11 Å². The number of hydrogen-bond donors (Lipinski definition) is 0. The monoisotopic (exact) mass is 474 g/mol. The molecule has 2 heterocycles. The van der Waals surface area contributed by atoms with Gasteiger partial charge in [-0.05, 0) is 30.7 Å². The summed E-state index contributed by atoms with van der Waals surface area (Å²) in [7, 11) is -2.75. The number of benzene rings is 1. The van der Waals surface area contributed by atoms with Gasteiger partial charge in [-0.15, -0.1) is 0 Å². The van der Waals surface area contributed by atoms with Gasteiger partial charge in [0, 0.05) is 41.9 Å². The van der Waals surface area contributed by atoms with E-state index in [9.17, 15) is 13.0 Å². The molecule has 33 heavy (non-hydrogen) atoms. The SMILES string of the molecule is C=C(CCCOc1ccc(-c2cnc(-c3cc[n+](CCCS(=O)(=O)[O-])cc3)o2)cc1)OOC. The molecule has 0 amide bonds. The van der Waals surface area contributed by atoms with Crippen molar-refractivity contribution >= 4 is 10.1 Å². The second-order valence-electron chi connectivity index (χ2n) is 7.23. The van der Waals surface area contributed by atoms with Crippen molar-refractivity contribution in [1.29, 1.82) is 0 Å². The van der Waals surface area contributed by atoms with E-state index in [2.05, 4.69) is 16.5 Å². The van der Waals surface area contributed by atoms with E-state index in [0.29, 0.717) is 37.0 Å². The van der Waals surface area contributed by atoms with Crippen molar-refractivity contribution in [2.24, 2.45) is 0 Å². The van der Waals surface area contributed by atoms with E-state index in [-0.39, 0.29) is 12.2 Å². The summed E-state index contributed by atoms with van der Waals surface area (Å²) in [6, 6.07) is 11.2. The zero-order valence-electron chi connectivity index (χ0n) is 18.3. The fraction of sp³-hybridized carbons (Fsp3) is 0.304. The summed E-state index contributed by atoms with van der Waals surface area (Å²) in [4.78, 5) is 13.7. The molecule has 0 atom stereocenters. The first-order valence-corrected chi connectivity index (χ1v) is 11.9. The highest BCUT2D eigenvalue weighted by atomic mass is 32.2. The summed E-state index contributed by atoms with van der Waals surface area (Å²) in [6.07, 6.45) is 6.90. The molecule has 9 nitrogen and oxygen atoms in total. The number of pyridine rings is 1. The summed E-state index contributed by atoms with van der Waals surface area (Å²) in [5, 5.41) is 0. The van der Waals surface area contributed by atoms with Crippen LogP contribution in [0, 0.1) is 0 Å². The fourth-order valence-corrected chi connectivity index (χ4v) is 3.53. The highest BCUT2D eigenvalue weighted by Gasteiger charge is 2.11. The number of aromatic nitrogens is 2. The fourth-order valence-electron chi connectivity index (χ4n) is 3.05. The maximum absolute atomic E-state index is 10.7. The van der Waals surface area contributed by atoms with E-state index < -0.39 is 10.1 Å². The maximum atomic E-state index is 10.7. The van der Waals surface area contributed by atoms with Gasteiger partial charge in [0.05, 0.1) is 30.0 Å². The summed E-state index contributed by atoms with van der Waals surface area (Å²) in [5.74, 6) is 2.02. The molecule has 0 saturated carbocycles. The van der Waals surface area contributed by atoms with Crippen molar-refractivity contribution in [2.45, 2.75) is 25.8 Å². The number of rotatable bonds is 13. The minimum absolute atomic E-state index is 0.260. The highest BCUT2D eigenvalue weighted by Crippen LogP contribution is 2.27. The maximum Gasteiger partial charge on any atom is 0.227 e. The molecule has 0 aliphatic rings. The van der Waals surface area contributed by atoms with Crippen LogP contribution in [0.3, 0.4) is 0 Å². The largest absolute Gasteiger partial charge is 0.748 e. The number of aryl methyl sites for hydroxylation is 1. The quantitative estimate of drug-likeness (QED) is 0.0923. The van der Waals surface area contributed by atoms with Gasteiger partial charge in [0.2, 0.25) is 5.89 Å². The standard InChI is InChI=1S/C23H26N2O7S/c1-18(32-29-2)5-3-15-30-21-8-6-19(7-9-21)22-17-24-23(31-22)20-10-13-25(14-11-20)12-4-16-33(26,27)28/h6-11,13-14,17H,1,3-5,12,15-16H2,2H3. The molecule has 0 aliphatic carbocycles. The summed E-state index contributed by atoms with van der Waals surface area (Å²) in [5.41, 5.74) is 1.65. The molecule has 1 aromatic carbocycles. The molecule has 0 N–H and O–H groups in total. The van der Waals surface area contributed by atoms with Gasteiger partial charge in [-0.25, -0.2) is 18.0 Å². The summed E-state index contributed by atoms with van der Waals surface area (Å²) >= 11 is 0. The Morgan fingerprint density at radius 1 is 1.12 bits per heavy atom. The molecule has 0 fully saturated rings. The van der Waals surface area contributed by atoms with E-state index >= 15 is 0 Å². The van der Waals surface area contributed by atoms with Crippen molar-refractivity contribution in [3.05, 3.63) is 67.3 Å². The van der Waals surface area contributed by atoms with Gasteiger partial charge in [-0.1, -0.05) is 6.58 Å². The number of ether oxygens (including phenoxy) is 1. The van der Waals surface area contributed by atoms with Crippen molar-refractivity contribution in [3.8, 4) is 28.5 Å². The van der Waals surface area contributed by atoms with Crippen LogP contribution in [0.1, 0.15) is 19.3 Å². The van der Waals surface area contributed by atoms with Crippen LogP contribution in [-0.2, 0) is 26.4 Å². The Kier molecular flexibility index (Phi) is 8.58. The van der Waals surface area contributed by atoms with Gasteiger partial charge < -0.3 is 18.6 Å². The van der Waals surface area contributed by atoms with Crippen molar-refractivity contribution < 1.29 is 36.5 Å². The molecule has 3 rings (SSSR count). The Morgan fingerprint density at radius 2 is 1.85 bits per heavy atom. The summed E-state index contributed by atoms with van der Waals surface area (Å²) in [6.45, 7) is 4.69. The van der Waals surface area contributed by atoms with E-state index in [0.717, 1.165) is 23.3 Å². The van der Waals surface area contributed by atoms with Gasteiger partial charge in [-0.3, -0.25) is 0 Å². The van der Waals surface area contributed by atoms with Gasteiger partial charge in [0.1, 0.15) is 18.1 Å². The Labute approximate surface area is 192 Å². The van der Waals surface area contributed by atoms with E-state index in [1.807, 2.05) is 36.4 Å². The predicted molar refractivity (Wildman–Crippen MR) is 119 cm³/mol. The van der Waals surface area contributed by atoms with Crippen LogP contribution >= 0.6 is 0 Å². The minimum Gasteiger partial charge on any atom is -0.748 e. The molecule has 0 bridgehead atoms. The predicted octanol–water partition coefficient (Wildman–Crippen LogP) is 3.48. The third kappa shape index (κ3) is 8.01. The lowest BCUT2D eigenvalue weighted by Gasteiger charge is -2.07. The third-order valence-electron chi connectivity index (χ3n) is 4.66. The minimum atomic E-state index is -4.19. The van der Waals surface area contributed by atoms with Gasteiger partial charge in [-0.2, -0.15) is 4.89 Å². The third-order valence-corrected chi connectivity index (χ3v) is 5.45. The smallest absolute Gasteiger partial charge is 0.227 e. The molecule has 2 aromatic heterocycles. The second-order valence-corrected chi connectivity index (χ2v) is 8.76. The first-order valence-electron chi connectivity index (χ1n) is 10.3. The topological polar surface area (TPSA) is 115 Å². The molecule has 10 heteroatoms. The van der Waals surface area contributed by atoms with Gasteiger partial charge >= 0.3 is 0 Å². The van der Waals surface area contributed by atoms with Gasteiger partial charge in [0.15, 0.2) is 18.2 Å². The van der Waals surface area contributed by atoms with Crippen molar-refractivity contribution in [1.82, 2.24) is 4.98 Å². The molecule has 0 spiro atoms. The van der Waals surface area contributed by atoms with Crippen LogP contribution in [0.2, 0.25) is 0 Å². The number of allylic oxidation sites excluding steroid dienone is 1. The summed E-state index contributed by atoms with van der Waals surface area (Å²) < 4.78 is 45.5. The lowest BCUT2D eigenvalue weighted by atomic mass is 10.2. The molecule has 0 aliphatic heterocycles. The molecular formula is C23H26N2O7S. The molecule has 0 unspecified atom stereocenters. The molecule has 3 aromatic rings. The first kappa shape index (κ1) is 24.4. The Bertz CT molecular complexity index is 1140. The average Bonchev–Trinajstić information content (AvgIpc) is 3.27. The van der Waals surface area contributed by atoms with Crippen LogP contribution in [0.25, 0.3) is 22.8 Å². The molecule has 0 saturated heterocycles. The van der Waals surface area contributed by atoms with Crippen LogP contribution in [0.4, 0.5) is 0 Å². The van der Waals surface area contributed by atoms with Crippen LogP contribution < -0.4 is 9.30 Å². The highest BCUT2D eigenvalue weighted by molar-refractivity contribution is 7.85. The molecule has 0 radical (unpaired) electrons. The van der Waals surface area contributed by atoms with Crippen molar-refractivity contribution in [2.75, 3.05) is 19.5 Å². The zero-order valence-corrected chi connectivity index (χ0v) is 19.1. The Hall–Kier alpha value is -3.21. The van der Waals surface area contributed by atoms with Crippen LogP contribution in [0.15, 0.2) is 71.7 Å². The lowest BCUT2D eigenvalue weighted by Crippen LogP contribution is -2.33. The van der Waals surface area contributed by atoms with E-state index in [1.54, 1.807) is 23.2 Å². The van der Waals surface area contributed by atoms with E-state index in [4.69, 9.17) is 14.0 Å². The zero-order chi connectivity index (χ0) is 23.7. The lowest BCUT2D eigenvalue weighted by molar-refractivity contribution is -0.696. The average molecular weight is 475 g/mol. The number of oxazole rings is 1. The van der Waals surface area contributed by atoms with Crippen LogP contribution in [-0.4, -0.2) is 37.4 Å². The number of hydrogen-bond acceptors (Lipinski definition) is 8. The van der Waals surface area contributed by atoms with Crippen molar-refractivity contribution in [3.63, 3.8) is 0 Å². The Morgan fingerprint density at radius 3 is 2.52 bits per heavy atom. The van der Waals surface area contributed by atoms with Crippen LogP contribution in [0.5, 0.6) is 5.75 Å². The molecule has 176 valence electrons.